The summed E-state index contributed by atoms with van der Waals surface area (Å²) >= 11 is 0. The molecular formula is C23H22FeO2. The van der Waals surface area contributed by atoms with Crippen molar-refractivity contribution in [2.75, 3.05) is 0 Å². The van der Waals surface area contributed by atoms with Crippen LogP contribution in [0.2, 0.25) is 47.2 Å². The van der Waals surface area contributed by atoms with Gasteiger partial charge in [0.2, 0.25) is 0 Å². The molecule has 1 aromatic carbocycles. The van der Waals surface area contributed by atoms with Crippen molar-refractivity contribution in [1.82, 2.24) is 0 Å². The number of fused-ring (bicyclic) bond motifs is 10. The molecular weight excluding hydrogens is 364 g/mol. The van der Waals surface area contributed by atoms with E-state index in [9.17, 15) is 9.59 Å². The van der Waals surface area contributed by atoms with E-state index < -0.39 is 6.51 Å². The zero-order valence-electron chi connectivity index (χ0n) is 15.0. The summed E-state index contributed by atoms with van der Waals surface area (Å²) in [5.74, 6) is 0.897. The molecule has 10 heterocycles. The molecule has 134 valence electrons. The second-order valence-corrected chi connectivity index (χ2v) is 36.5. The van der Waals surface area contributed by atoms with Crippen molar-refractivity contribution in [3.63, 3.8) is 0 Å². The van der Waals surface area contributed by atoms with E-state index in [2.05, 4.69) is 31.2 Å². The van der Waals surface area contributed by atoms with E-state index in [0.717, 1.165) is 38.5 Å². The zero-order chi connectivity index (χ0) is 17.2. The fourth-order valence-corrected chi connectivity index (χ4v) is 96.5. The Morgan fingerprint density at radius 2 is 1.46 bits per heavy atom. The number of rotatable bonds is 5. The first-order valence-electron chi connectivity index (χ1n) is 10.2. The van der Waals surface area contributed by atoms with Crippen LogP contribution in [0.3, 0.4) is 0 Å². The number of Topliss-reactive ketones (excluding diaryl/α,β-unsaturated/α-hetero) is 1. The molecule has 10 aliphatic heterocycles. The maximum absolute atomic E-state index is 13.9. The van der Waals surface area contributed by atoms with Crippen LogP contribution < -0.4 is 0 Å². The normalized spacial score (nSPS) is 85.2. The minimum atomic E-state index is -3.78. The number of carbonyl (C=O) groups excluding carboxylic acids is 2. The van der Waals surface area contributed by atoms with Crippen LogP contribution in [0.5, 0.6) is 0 Å². The molecule has 2 nitrogen and oxygen atoms in total. The van der Waals surface area contributed by atoms with Crippen molar-refractivity contribution in [2.24, 2.45) is 0 Å². The molecule has 10 saturated heterocycles. The van der Waals surface area contributed by atoms with Crippen molar-refractivity contribution in [1.29, 1.82) is 0 Å². The molecule has 8 unspecified atom stereocenters. The fraction of sp³-hybridized carbons (Fsp3) is 0.565. The minimum absolute atomic E-state index is 0.225. The molecule has 1 spiro atoms. The summed E-state index contributed by atoms with van der Waals surface area (Å²) in [5, 5.41) is 0. The van der Waals surface area contributed by atoms with Crippen LogP contribution >= 0.6 is 0 Å². The van der Waals surface area contributed by atoms with E-state index >= 15 is 0 Å². The summed E-state index contributed by atoms with van der Waals surface area (Å²) in [6, 6.07) is 10.5. The van der Waals surface area contributed by atoms with Crippen molar-refractivity contribution < 1.29 is 16.1 Å². The molecule has 0 bridgehead atoms. The van der Waals surface area contributed by atoms with Gasteiger partial charge in [0.05, 0.1) is 0 Å². The van der Waals surface area contributed by atoms with E-state index in [4.69, 9.17) is 0 Å². The third-order valence-corrected chi connectivity index (χ3v) is 60.4. The average Bonchev–Trinajstić information content (AvgIpc) is 3.54. The fourth-order valence-electron chi connectivity index (χ4n) is 19.7. The van der Waals surface area contributed by atoms with Crippen molar-refractivity contribution >= 4 is 11.6 Å². The van der Waals surface area contributed by atoms with Gasteiger partial charge in [-0.15, -0.1) is 0 Å². The number of benzene rings is 1. The van der Waals surface area contributed by atoms with Crippen LogP contribution in [0.4, 0.5) is 0 Å². The van der Waals surface area contributed by atoms with Gasteiger partial charge in [0, 0.05) is 0 Å². The summed E-state index contributed by atoms with van der Waals surface area (Å²) in [6.45, 7) is 0.218. The van der Waals surface area contributed by atoms with E-state index in [-0.39, 0.29) is 10.1 Å². The average molecular weight is 386 g/mol. The quantitative estimate of drug-likeness (QED) is 0.497. The van der Waals surface area contributed by atoms with Gasteiger partial charge in [-0.3, -0.25) is 0 Å². The standard InChI is InChI=1S/C13H11O.C10H11O.Fe/c14-13(12-8-4-5-9-12)10-11-6-2-1-3-7-11;1-8(7-9(2)11)10-5-3-4-6-10;/h1-9H,10H2;3-7H,1-2H3;. The first kappa shape index (κ1) is 11.6. The van der Waals surface area contributed by atoms with Crippen LogP contribution in [-0.2, 0) is 22.5 Å². The van der Waals surface area contributed by atoms with Gasteiger partial charge in [-0.2, -0.15) is 0 Å². The van der Waals surface area contributed by atoms with Gasteiger partial charge in [0.1, 0.15) is 0 Å². The molecule has 0 amide bonds. The molecule has 0 saturated carbocycles. The molecule has 8 atom stereocenters. The third kappa shape index (κ3) is 0.170. The van der Waals surface area contributed by atoms with Gasteiger partial charge in [-0.1, -0.05) is 0 Å². The summed E-state index contributed by atoms with van der Waals surface area (Å²) in [4.78, 5) is 34.0. The Bertz CT molecular complexity index is 1510. The van der Waals surface area contributed by atoms with E-state index in [1.807, 2.05) is 12.1 Å². The van der Waals surface area contributed by atoms with Gasteiger partial charge >= 0.3 is 143 Å². The van der Waals surface area contributed by atoms with Gasteiger partial charge < -0.3 is 0 Å². The summed E-state index contributed by atoms with van der Waals surface area (Å²) in [7, 11) is 0. The molecule has 11 rings (SSSR count). The maximum atomic E-state index is 13.9. The molecule has 0 radical (unpaired) electrons. The number of carbonyl (C=O) groups is 2. The van der Waals surface area contributed by atoms with Crippen molar-refractivity contribution in [3.8, 4) is 0 Å². The SMILES string of the molecule is CC(=O)C=C(C)[C]12[CH]3[CH]4[CH]5[CH]1[Fe]45321678[CH]2[CH]1[CH]6[C]7(C(=O)Cc1ccccc1)[CH]28. The van der Waals surface area contributed by atoms with E-state index in [0.29, 0.717) is 16.5 Å². The number of hydrogen-bond acceptors (Lipinski definition) is 2. The van der Waals surface area contributed by atoms with Crippen LogP contribution in [-0.4, -0.2) is 11.6 Å². The molecule has 1 aromatic rings. The molecule has 0 aromatic heterocycles. The summed E-state index contributed by atoms with van der Waals surface area (Å²) < 4.78 is 0.739. The molecule has 3 heteroatoms. The summed E-state index contributed by atoms with van der Waals surface area (Å²) in [6.07, 6.45) is 2.68. The Labute approximate surface area is 142 Å². The third-order valence-electron chi connectivity index (χ3n) is 17.5. The van der Waals surface area contributed by atoms with Gasteiger partial charge in [-0.05, 0) is 0 Å². The van der Waals surface area contributed by atoms with Crippen molar-refractivity contribution in [2.45, 2.75) is 67.4 Å². The predicted octanol–water partition coefficient (Wildman–Crippen LogP) is 5.46. The molecule has 0 N–H and O–H groups in total. The number of ketones is 2. The first-order valence-corrected chi connectivity index (χ1v) is 16.4. The Balaban J connectivity index is 1.22. The van der Waals surface area contributed by atoms with E-state index in [1.54, 1.807) is 6.92 Å². The van der Waals surface area contributed by atoms with Gasteiger partial charge in [-0.25, -0.2) is 0 Å². The van der Waals surface area contributed by atoms with Crippen LogP contribution in [0, 0.1) is 0 Å². The molecule has 10 fully saturated rings. The monoisotopic (exact) mass is 386 g/mol. The van der Waals surface area contributed by atoms with Gasteiger partial charge in [0.15, 0.2) is 0 Å². The van der Waals surface area contributed by atoms with Crippen LogP contribution in [0.15, 0.2) is 42.0 Å². The Morgan fingerprint density at radius 1 is 0.923 bits per heavy atom. The second kappa shape index (κ2) is 1.27. The summed E-state index contributed by atoms with van der Waals surface area (Å²) in [5.41, 5.74) is 2.68. The van der Waals surface area contributed by atoms with Crippen LogP contribution in [0.25, 0.3) is 0 Å². The Hall–Kier alpha value is -1.18. The van der Waals surface area contributed by atoms with Crippen molar-refractivity contribution in [3.05, 3.63) is 47.5 Å². The Morgan fingerprint density at radius 3 is 1.96 bits per heavy atom. The second-order valence-electron chi connectivity index (χ2n) is 13.3. The Kier molecular flexibility index (Phi) is 0.567. The molecule has 0 aliphatic carbocycles. The first-order chi connectivity index (χ1) is 12.3. The zero-order valence-corrected chi connectivity index (χ0v) is 16.1. The van der Waals surface area contributed by atoms with Crippen LogP contribution in [0.1, 0.15) is 19.4 Å². The molecule has 26 heavy (non-hydrogen) atoms. The molecule has 10 aliphatic rings. The predicted molar refractivity (Wildman–Crippen MR) is 95.0 cm³/mol. The number of hydrogen-bond donors (Lipinski definition) is 0. The van der Waals surface area contributed by atoms with Gasteiger partial charge in [0.25, 0.3) is 0 Å². The van der Waals surface area contributed by atoms with E-state index in [1.165, 1.54) is 11.1 Å². The topological polar surface area (TPSA) is 34.1 Å². The number of allylic oxidation sites excluding steroid dienone is 2.